The number of rotatable bonds is 6. The molecule has 1 aliphatic heterocycles. The van der Waals surface area contributed by atoms with E-state index in [0.29, 0.717) is 10.6 Å². The maximum Gasteiger partial charge on any atom is 0.336 e. The van der Waals surface area contributed by atoms with Crippen LogP contribution in [-0.2, 0) is 6.54 Å². The molecule has 1 N–H and O–H groups in total. The number of halogens is 1. The Morgan fingerprint density at radius 1 is 1.06 bits per heavy atom. The molecule has 35 heavy (non-hydrogen) atoms. The van der Waals surface area contributed by atoms with Gasteiger partial charge in [-0.3, -0.25) is 0 Å². The maximum absolute atomic E-state index is 12.1. The fourth-order valence-electron chi connectivity index (χ4n) is 4.38. The predicted octanol–water partition coefficient (Wildman–Crippen LogP) is 7.57. The molecule has 0 radical (unpaired) electrons. The van der Waals surface area contributed by atoms with Gasteiger partial charge in [0.05, 0.1) is 16.3 Å². The standard InChI is InChI=1S/C28H23ClN2O2S2/c1-3-30-22-11-7-8-12-24(22)34-26(30)15-18(20-9-5-6-10-21(20)28(32)33)16-27-31(4-2)23-17-19(29)13-14-25(23)35-27/h5-17H,3-4H2,1-2H3/p+1. The number of para-hydroxylation sites is 1. The molecule has 0 saturated heterocycles. The van der Waals surface area contributed by atoms with Crippen LogP contribution in [0, 0.1) is 0 Å². The average Bonchev–Trinajstić information content (AvgIpc) is 3.39. The maximum atomic E-state index is 12.1. The normalized spacial score (nSPS) is 14.7. The van der Waals surface area contributed by atoms with Crippen molar-refractivity contribution in [1.82, 2.24) is 0 Å². The van der Waals surface area contributed by atoms with Crippen LogP contribution in [0.5, 0.6) is 0 Å². The van der Waals surface area contributed by atoms with Gasteiger partial charge in [-0.05, 0) is 61.4 Å². The van der Waals surface area contributed by atoms with E-state index in [9.17, 15) is 9.90 Å². The van der Waals surface area contributed by atoms with E-state index in [1.54, 1.807) is 35.2 Å². The van der Waals surface area contributed by atoms with Crippen molar-refractivity contribution in [3.05, 3.63) is 99.0 Å². The predicted molar refractivity (Wildman–Crippen MR) is 147 cm³/mol. The van der Waals surface area contributed by atoms with Crippen LogP contribution >= 0.6 is 34.7 Å². The Bertz CT molecular complexity index is 1510. The van der Waals surface area contributed by atoms with Crippen molar-refractivity contribution < 1.29 is 14.5 Å². The van der Waals surface area contributed by atoms with Gasteiger partial charge in [0, 0.05) is 28.6 Å². The number of thiazole rings is 1. The summed E-state index contributed by atoms with van der Waals surface area (Å²) in [6.07, 6.45) is 4.22. The third-order valence-corrected chi connectivity index (χ3v) is 8.45. The fraction of sp³-hybridized carbons (Fsp3) is 0.143. The van der Waals surface area contributed by atoms with Crippen molar-refractivity contribution in [3.63, 3.8) is 0 Å². The fourth-order valence-corrected chi connectivity index (χ4v) is 6.88. The Morgan fingerprint density at radius 2 is 1.80 bits per heavy atom. The molecule has 4 aromatic rings. The molecule has 0 atom stereocenters. The van der Waals surface area contributed by atoms with Crippen LogP contribution in [0.4, 0.5) is 5.69 Å². The lowest BCUT2D eigenvalue weighted by Crippen LogP contribution is -2.33. The summed E-state index contributed by atoms with van der Waals surface area (Å²) in [5, 5.41) is 12.8. The van der Waals surface area contributed by atoms with Crippen molar-refractivity contribution in [2.75, 3.05) is 11.4 Å². The first-order valence-electron chi connectivity index (χ1n) is 11.4. The van der Waals surface area contributed by atoms with Crippen LogP contribution in [-0.4, -0.2) is 17.6 Å². The Labute approximate surface area is 217 Å². The number of aromatic carboxylic acids is 1. The minimum Gasteiger partial charge on any atom is -0.478 e. The largest absolute Gasteiger partial charge is 0.478 e. The molecule has 4 nitrogen and oxygen atoms in total. The number of thioether (sulfide) groups is 1. The number of nitrogens with zero attached hydrogens (tertiary/aromatic N) is 2. The highest BCUT2D eigenvalue weighted by Gasteiger charge is 2.26. The highest BCUT2D eigenvalue weighted by Crippen LogP contribution is 2.47. The Morgan fingerprint density at radius 3 is 2.54 bits per heavy atom. The smallest absolute Gasteiger partial charge is 0.336 e. The zero-order valence-electron chi connectivity index (χ0n) is 19.4. The molecule has 1 aliphatic rings. The number of hydrogen-bond acceptors (Lipinski definition) is 4. The first-order valence-corrected chi connectivity index (χ1v) is 13.4. The summed E-state index contributed by atoms with van der Waals surface area (Å²) >= 11 is 9.69. The second kappa shape index (κ2) is 9.90. The lowest BCUT2D eigenvalue weighted by atomic mass is 9.99. The summed E-state index contributed by atoms with van der Waals surface area (Å²) in [7, 11) is 0. The highest BCUT2D eigenvalue weighted by atomic mass is 35.5. The van der Waals surface area contributed by atoms with Crippen molar-refractivity contribution >= 4 is 68.2 Å². The molecule has 0 fully saturated rings. The van der Waals surface area contributed by atoms with E-state index in [2.05, 4.69) is 47.6 Å². The van der Waals surface area contributed by atoms with Crippen molar-refractivity contribution in [2.45, 2.75) is 25.3 Å². The van der Waals surface area contributed by atoms with E-state index in [1.807, 2.05) is 42.5 Å². The van der Waals surface area contributed by atoms with Gasteiger partial charge in [0.2, 0.25) is 5.52 Å². The van der Waals surface area contributed by atoms with E-state index < -0.39 is 5.97 Å². The van der Waals surface area contributed by atoms with E-state index in [4.69, 9.17) is 11.6 Å². The molecule has 0 aliphatic carbocycles. The van der Waals surface area contributed by atoms with Gasteiger partial charge >= 0.3 is 5.97 Å². The summed E-state index contributed by atoms with van der Waals surface area (Å²) < 4.78 is 3.47. The van der Waals surface area contributed by atoms with Crippen molar-refractivity contribution in [2.24, 2.45) is 0 Å². The molecule has 3 aromatic carbocycles. The zero-order chi connectivity index (χ0) is 24.5. The van der Waals surface area contributed by atoms with Gasteiger partial charge in [-0.2, -0.15) is 4.57 Å². The molecule has 0 bridgehead atoms. The van der Waals surface area contributed by atoms with Gasteiger partial charge in [-0.25, -0.2) is 4.79 Å². The number of carboxylic acid groups (broad SMARTS) is 1. The van der Waals surface area contributed by atoms with Crippen LogP contribution in [0.25, 0.3) is 21.9 Å². The Kier molecular flexibility index (Phi) is 6.69. The number of hydrogen-bond donors (Lipinski definition) is 1. The molecule has 176 valence electrons. The molecule has 0 saturated carbocycles. The number of anilines is 1. The van der Waals surface area contributed by atoms with E-state index in [1.165, 1.54) is 10.2 Å². The SMILES string of the molecule is CCN1/C(=C/C(=C/c2sc3ccccc3[n+]2CC)c2ccccc2C(=O)O)Sc2ccc(Cl)cc21. The molecule has 0 amide bonds. The van der Waals surface area contributed by atoms with Crippen molar-refractivity contribution in [1.29, 1.82) is 0 Å². The molecule has 0 unspecified atom stereocenters. The van der Waals surface area contributed by atoms with Crippen LogP contribution < -0.4 is 9.47 Å². The summed E-state index contributed by atoms with van der Waals surface area (Å²) in [6, 6.07) is 21.5. The van der Waals surface area contributed by atoms with Gasteiger partial charge in [-0.1, -0.05) is 65.0 Å². The summed E-state index contributed by atoms with van der Waals surface area (Å²) in [4.78, 5) is 15.5. The van der Waals surface area contributed by atoms with Crippen LogP contribution in [0.3, 0.4) is 0 Å². The minimum atomic E-state index is -0.939. The number of benzene rings is 3. The van der Waals surface area contributed by atoms with E-state index in [0.717, 1.165) is 39.3 Å². The number of aromatic nitrogens is 1. The van der Waals surface area contributed by atoms with Gasteiger partial charge < -0.3 is 10.0 Å². The summed E-state index contributed by atoms with van der Waals surface area (Å²) in [5.41, 5.74) is 4.09. The van der Waals surface area contributed by atoms with E-state index in [-0.39, 0.29) is 5.56 Å². The molecular weight excluding hydrogens is 496 g/mol. The second-order valence-corrected chi connectivity index (χ2v) is 10.6. The lowest BCUT2D eigenvalue weighted by Gasteiger charge is -2.19. The lowest BCUT2D eigenvalue weighted by molar-refractivity contribution is -0.665. The third-order valence-electron chi connectivity index (χ3n) is 5.99. The molecular formula is C28H24ClN2O2S2+. The molecule has 0 spiro atoms. The molecule has 7 heteroatoms. The van der Waals surface area contributed by atoms with E-state index >= 15 is 0 Å². The molecule has 1 aromatic heterocycles. The average molecular weight is 520 g/mol. The van der Waals surface area contributed by atoms with Crippen LogP contribution in [0.2, 0.25) is 5.02 Å². The van der Waals surface area contributed by atoms with Crippen molar-refractivity contribution in [3.8, 4) is 0 Å². The number of fused-ring (bicyclic) bond motifs is 2. The minimum absolute atomic E-state index is 0.284. The molecule has 2 heterocycles. The van der Waals surface area contributed by atoms with Crippen LogP contribution in [0.1, 0.15) is 34.8 Å². The summed E-state index contributed by atoms with van der Waals surface area (Å²) in [6.45, 7) is 5.83. The van der Waals surface area contributed by atoms with Gasteiger partial charge in [0.15, 0.2) is 0 Å². The van der Waals surface area contributed by atoms with Gasteiger partial charge in [-0.15, -0.1) is 0 Å². The van der Waals surface area contributed by atoms with Crippen LogP contribution in [0.15, 0.2) is 82.7 Å². The number of carboxylic acids is 1. The number of aryl methyl sites for hydroxylation is 1. The topological polar surface area (TPSA) is 44.4 Å². The van der Waals surface area contributed by atoms with Gasteiger partial charge in [0.1, 0.15) is 11.2 Å². The third kappa shape index (κ3) is 4.49. The Balaban J connectivity index is 1.72. The first kappa shape index (κ1) is 23.7. The first-order chi connectivity index (χ1) is 17.0. The monoisotopic (exact) mass is 519 g/mol. The molecule has 5 rings (SSSR count). The summed E-state index contributed by atoms with van der Waals surface area (Å²) in [5.74, 6) is -0.939. The highest BCUT2D eigenvalue weighted by molar-refractivity contribution is 8.03. The quantitative estimate of drug-likeness (QED) is 0.267. The Hall–Kier alpha value is -3.06. The van der Waals surface area contributed by atoms with Gasteiger partial charge in [0.25, 0.3) is 5.01 Å². The zero-order valence-corrected chi connectivity index (χ0v) is 21.8. The number of carbonyl (C=O) groups is 1. The second-order valence-electron chi connectivity index (χ2n) is 8.04. The number of allylic oxidation sites excluding steroid dienone is 2.